The highest BCUT2D eigenvalue weighted by Gasteiger charge is 2.22. The van der Waals surface area contributed by atoms with Crippen LogP contribution < -0.4 is 10.9 Å². The van der Waals surface area contributed by atoms with Gasteiger partial charge in [-0.15, -0.1) is 0 Å². The fraction of sp³-hybridized carbons (Fsp3) is 0.108. The van der Waals surface area contributed by atoms with E-state index in [1.165, 1.54) is 0 Å². The number of hydrogen-bond donors (Lipinski definition) is 0. The van der Waals surface area contributed by atoms with Crippen LogP contribution in [0, 0.1) is 22.7 Å². The van der Waals surface area contributed by atoms with Crippen LogP contribution in [0.4, 0.5) is 0 Å². The normalized spacial score (nSPS) is 11.8. The molecule has 6 rings (SSSR count). The highest BCUT2D eigenvalue weighted by atomic mass is 79.9. The number of pyridine rings is 1. The van der Waals surface area contributed by atoms with Crippen LogP contribution in [0.5, 0.6) is 0 Å². The molecule has 0 aliphatic carbocycles. The van der Waals surface area contributed by atoms with Crippen LogP contribution in [0.3, 0.4) is 0 Å². The van der Waals surface area contributed by atoms with Crippen LogP contribution in [0.1, 0.15) is 42.9 Å². The van der Waals surface area contributed by atoms with E-state index in [9.17, 15) is 15.3 Å². The van der Waals surface area contributed by atoms with Gasteiger partial charge in [-0.25, -0.2) is 0 Å². The molecule has 0 aliphatic rings. The van der Waals surface area contributed by atoms with Crippen molar-refractivity contribution >= 4 is 44.1 Å². The molecule has 0 aliphatic heterocycles. The maximum Gasteiger partial charge on any atom is 0.263 e. The number of nitriles is 2. The Kier molecular flexibility index (Phi) is 6.99. The molecule has 0 spiro atoms. The van der Waals surface area contributed by atoms with E-state index in [0.29, 0.717) is 21.9 Å². The molecule has 1 aromatic heterocycles. The van der Waals surface area contributed by atoms with Gasteiger partial charge in [0, 0.05) is 26.0 Å². The van der Waals surface area contributed by atoms with E-state index in [-0.39, 0.29) is 11.5 Å². The minimum absolute atomic E-state index is 0.114. The molecular weight excluding hydrogens is 582 g/mol. The molecule has 6 aromatic rings. The summed E-state index contributed by atoms with van der Waals surface area (Å²) < 4.78 is 2.70. The lowest BCUT2D eigenvalue weighted by Gasteiger charge is -2.24. The smallest absolute Gasteiger partial charge is 0.263 e. The first-order valence-corrected chi connectivity index (χ1v) is 14.6. The Morgan fingerprint density at radius 3 is 2.05 bits per heavy atom. The summed E-state index contributed by atoms with van der Waals surface area (Å²) in [4.78, 5) is 14.4. The summed E-state index contributed by atoms with van der Waals surface area (Å²) in [5, 5.41) is 22.8. The fourth-order valence-corrected chi connectivity index (χ4v) is 6.28. The largest absolute Gasteiger partial charge is 0.277 e. The molecule has 5 heteroatoms. The van der Waals surface area contributed by atoms with Crippen LogP contribution in [0.2, 0.25) is 0 Å². The molecule has 0 N–H and O–H groups in total. The summed E-state index contributed by atoms with van der Waals surface area (Å²) in [6.07, 6.45) is 0.861. The standard InChI is InChI=1S/C37H26BrN3O/c1-4-22(2)35-32(27-14-10-25(21-40)11-15-27)18-28(26-12-8-24(20-39)9-13-26)19-34(35)41-23(3)29-16-17-33(38)30-6-5-7-31(36(29)30)37(41)42/h5-19,22H,3-4H2,1-2H3. The van der Waals surface area contributed by atoms with Gasteiger partial charge in [-0.05, 0) is 94.1 Å². The van der Waals surface area contributed by atoms with E-state index in [1.807, 2.05) is 66.7 Å². The molecule has 5 aromatic carbocycles. The van der Waals surface area contributed by atoms with Crippen LogP contribution in [-0.4, -0.2) is 4.57 Å². The lowest BCUT2D eigenvalue weighted by Crippen LogP contribution is -2.33. The molecule has 0 radical (unpaired) electrons. The second-order valence-corrected chi connectivity index (χ2v) is 11.4. The highest BCUT2D eigenvalue weighted by molar-refractivity contribution is 9.10. The van der Waals surface area contributed by atoms with Gasteiger partial charge in [0.25, 0.3) is 5.56 Å². The van der Waals surface area contributed by atoms with Crippen molar-refractivity contribution in [2.75, 3.05) is 0 Å². The first-order chi connectivity index (χ1) is 20.4. The Balaban J connectivity index is 1.77. The summed E-state index contributed by atoms with van der Waals surface area (Å²) in [7, 11) is 0. The number of benzene rings is 5. The van der Waals surface area contributed by atoms with Crippen LogP contribution in [0.15, 0.2) is 100 Å². The zero-order valence-corrected chi connectivity index (χ0v) is 24.9. The number of nitrogens with zero attached hydrogens (tertiary/aromatic N) is 3. The van der Waals surface area contributed by atoms with Crippen molar-refractivity contribution in [1.82, 2.24) is 4.57 Å². The lowest BCUT2D eigenvalue weighted by atomic mass is 9.85. The van der Waals surface area contributed by atoms with Crippen molar-refractivity contribution in [3.63, 3.8) is 0 Å². The molecule has 0 bridgehead atoms. The van der Waals surface area contributed by atoms with Crippen molar-refractivity contribution in [2.24, 2.45) is 0 Å². The van der Waals surface area contributed by atoms with E-state index in [4.69, 9.17) is 0 Å². The maximum atomic E-state index is 14.4. The Bertz CT molecular complexity index is 2170. The molecule has 4 nitrogen and oxygen atoms in total. The Morgan fingerprint density at radius 1 is 0.810 bits per heavy atom. The highest BCUT2D eigenvalue weighted by Crippen LogP contribution is 2.39. The number of rotatable bonds is 5. The molecule has 0 saturated heterocycles. The number of halogens is 1. The van der Waals surface area contributed by atoms with Gasteiger partial charge in [0.2, 0.25) is 0 Å². The van der Waals surface area contributed by atoms with E-state index in [0.717, 1.165) is 60.6 Å². The fourth-order valence-electron chi connectivity index (χ4n) is 5.82. The molecule has 202 valence electrons. The Hall–Kier alpha value is -4.97. The molecule has 1 unspecified atom stereocenters. The number of aromatic nitrogens is 1. The first-order valence-electron chi connectivity index (χ1n) is 13.8. The van der Waals surface area contributed by atoms with Gasteiger partial charge in [0.1, 0.15) is 0 Å². The van der Waals surface area contributed by atoms with Crippen LogP contribution in [0.25, 0.3) is 56.1 Å². The Morgan fingerprint density at radius 2 is 1.43 bits per heavy atom. The Labute approximate surface area is 252 Å². The zero-order chi connectivity index (χ0) is 29.5. The third-order valence-electron chi connectivity index (χ3n) is 8.18. The van der Waals surface area contributed by atoms with Crippen molar-refractivity contribution in [1.29, 1.82) is 10.5 Å². The van der Waals surface area contributed by atoms with Gasteiger partial charge in [-0.1, -0.05) is 78.8 Å². The van der Waals surface area contributed by atoms with E-state index >= 15 is 0 Å². The zero-order valence-electron chi connectivity index (χ0n) is 23.3. The molecule has 1 heterocycles. The minimum atomic E-state index is -0.122. The van der Waals surface area contributed by atoms with Crippen molar-refractivity contribution in [3.05, 3.63) is 128 Å². The van der Waals surface area contributed by atoms with Gasteiger partial charge in [-0.2, -0.15) is 10.5 Å². The van der Waals surface area contributed by atoms with Gasteiger partial charge in [0.05, 0.1) is 29.0 Å². The lowest BCUT2D eigenvalue weighted by molar-refractivity contribution is 0.725. The first kappa shape index (κ1) is 27.2. The van der Waals surface area contributed by atoms with E-state index in [1.54, 1.807) is 16.7 Å². The van der Waals surface area contributed by atoms with Gasteiger partial charge >= 0.3 is 0 Å². The van der Waals surface area contributed by atoms with Crippen LogP contribution in [-0.2, 0) is 0 Å². The van der Waals surface area contributed by atoms with Gasteiger partial charge < -0.3 is 0 Å². The molecule has 0 saturated carbocycles. The summed E-state index contributed by atoms with van der Waals surface area (Å²) >= 11 is 3.65. The maximum absolute atomic E-state index is 14.4. The summed E-state index contributed by atoms with van der Waals surface area (Å²) in [5.41, 5.74) is 6.68. The van der Waals surface area contributed by atoms with Crippen molar-refractivity contribution < 1.29 is 0 Å². The van der Waals surface area contributed by atoms with Gasteiger partial charge in [0.15, 0.2) is 0 Å². The SMILES string of the molecule is C=c1c2ccc(Br)c3cccc(c(=O)n1-c1cc(-c4ccc(C#N)cc4)cc(-c4ccc(C#N)cc4)c1C(C)CC)c32. The van der Waals surface area contributed by atoms with Crippen molar-refractivity contribution in [3.8, 4) is 40.1 Å². The summed E-state index contributed by atoms with van der Waals surface area (Å²) in [6, 6.07) is 33.5. The third kappa shape index (κ3) is 4.40. The summed E-state index contributed by atoms with van der Waals surface area (Å²) in [6.45, 7) is 8.79. The van der Waals surface area contributed by atoms with Gasteiger partial charge in [-0.3, -0.25) is 9.36 Å². The third-order valence-corrected chi connectivity index (χ3v) is 8.87. The predicted molar refractivity (Wildman–Crippen MR) is 174 cm³/mol. The average Bonchev–Trinajstić information content (AvgIpc) is 3.03. The van der Waals surface area contributed by atoms with Crippen LogP contribution >= 0.6 is 15.9 Å². The quantitative estimate of drug-likeness (QED) is 0.197. The summed E-state index contributed by atoms with van der Waals surface area (Å²) in [5.74, 6) is 0.114. The molecule has 42 heavy (non-hydrogen) atoms. The molecular formula is C37H26BrN3O. The molecule has 0 fully saturated rings. The minimum Gasteiger partial charge on any atom is -0.277 e. The molecule has 0 amide bonds. The second-order valence-electron chi connectivity index (χ2n) is 10.6. The molecule has 1 atom stereocenters. The monoisotopic (exact) mass is 607 g/mol. The predicted octanol–water partition coefficient (Wildman–Crippen LogP) is 8.63. The topological polar surface area (TPSA) is 69.6 Å². The van der Waals surface area contributed by atoms with E-state index in [2.05, 4.69) is 60.6 Å². The second kappa shape index (κ2) is 10.8. The van der Waals surface area contributed by atoms with E-state index < -0.39 is 0 Å². The average molecular weight is 609 g/mol. The van der Waals surface area contributed by atoms with Crippen molar-refractivity contribution in [2.45, 2.75) is 26.2 Å². The number of hydrogen-bond acceptors (Lipinski definition) is 3.